The third kappa shape index (κ3) is 3.58. The molecular formula is C17H29N3. The molecule has 1 aromatic heterocycles. The van der Waals surface area contributed by atoms with Crippen LogP contribution in [0, 0.1) is 12.8 Å². The predicted molar refractivity (Wildman–Crippen MR) is 84.7 cm³/mol. The van der Waals surface area contributed by atoms with Gasteiger partial charge in [-0.3, -0.25) is 9.88 Å². The van der Waals surface area contributed by atoms with Crippen LogP contribution in [0.2, 0.25) is 0 Å². The number of rotatable bonds is 5. The lowest BCUT2D eigenvalue weighted by atomic mass is 9.86. The maximum atomic E-state index is 4.19. The molecule has 0 aromatic carbocycles. The van der Waals surface area contributed by atoms with Gasteiger partial charge in [0.1, 0.15) is 0 Å². The minimum Gasteiger partial charge on any atom is -0.314 e. The van der Waals surface area contributed by atoms with E-state index in [1.54, 1.807) is 0 Å². The molecule has 2 heterocycles. The van der Waals surface area contributed by atoms with E-state index in [0.717, 1.165) is 13.1 Å². The van der Waals surface area contributed by atoms with Crippen LogP contribution in [0.4, 0.5) is 0 Å². The first-order chi connectivity index (χ1) is 9.63. The van der Waals surface area contributed by atoms with E-state index in [2.05, 4.69) is 49.0 Å². The van der Waals surface area contributed by atoms with Gasteiger partial charge in [0.15, 0.2) is 0 Å². The van der Waals surface area contributed by atoms with Gasteiger partial charge in [-0.05, 0) is 56.3 Å². The summed E-state index contributed by atoms with van der Waals surface area (Å²) in [4.78, 5) is 6.81. The summed E-state index contributed by atoms with van der Waals surface area (Å²) in [6.07, 6.45) is 6.36. The summed E-state index contributed by atoms with van der Waals surface area (Å²) in [5.41, 5.74) is 2.72. The molecule has 0 aliphatic carbocycles. The van der Waals surface area contributed by atoms with Crippen molar-refractivity contribution < 1.29 is 0 Å². The number of aromatic nitrogens is 1. The van der Waals surface area contributed by atoms with E-state index in [0.29, 0.717) is 18.0 Å². The van der Waals surface area contributed by atoms with E-state index in [1.807, 2.05) is 12.4 Å². The zero-order chi connectivity index (χ0) is 14.5. The van der Waals surface area contributed by atoms with Gasteiger partial charge in [-0.2, -0.15) is 0 Å². The Morgan fingerprint density at radius 1 is 1.40 bits per heavy atom. The normalized spacial score (nSPS) is 27.7. The lowest BCUT2D eigenvalue weighted by Crippen LogP contribution is -2.53. The Bertz CT molecular complexity index is 418. The molecule has 2 rings (SSSR count). The molecule has 3 heteroatoms. The van der Waals surface area contributed by atoms with Gasteiger partial charge in [0.05, 0.1) is 0 Å². The van der Waals surface area contributed by atoms with Crippen LogP contribution in [0.3, 0.4) is 0 Å². The number of nitrogens with zero attached hydrogens (tertiary/aromatic N) is 2. The van der Waals surface area contributed by atoms with Gasteiger partial charge in [-0.15, -0.1) is 0 Å². The van der Waals surface area contributed by atoms with Crippen LogP contribution in [0.5, 0.6) is 0 Å². The van der Waals surface area contributed by atoms with E-state index in [9.17, 15) is 0 Å². The van der Waals surface area contributed by atoms with Crippen LogP contribution in [-0.2, 0) is 6.54 Å². The number of hydrogen-bond donors (Lipinski definition) is 1. The summed E-state index contributed by atoms with van der Waals surface area (Å²) < 4.78 is 0. The Morgan fingerprint density at radius 3 is 2.90 bits per heavy atom. The van der Waals surface area contributed by atoms with Crippen LogP contribution in [-0.4, -0.2) is 35.1 Å². The summed E-state index contributed by atoms with van der Waals surface area (Å²) >= 11 is 0. The van der Waals surface area contributed by atoms with Gasteiger partial charge < -0.3 is 5.32 Å². The lowest BCUT2D eigenvalue weighted by molar-refractivity contribution is 0.0783. The average molecular weight is 275 g/mol. The molecule has 3 atom stereocenters. The molecule has 3 nitrogen and oxygen atoms in total. The lowest BCUT2D eigenvalue weighted by Gasteiger charge is -2.43. The van der Waals surface area contributed by atoms with Crippen molar-refractivity contribution in [2.45, 2.75) is 59.2 Å². The number of pyridine rings is 1. The molecule has 0 bridgehead atoms. The third-order valence-corrected chi connectivity index (χ3v) is 4.87. The first-order valence-corrected chi connectivity index (χ1v) is 8.00. The van der Waals surface area contributed by atoms with Crippen molar-refractivity contribution in [2.24, 2.45) is 5.92 Å². The Hall–Kier alpha value is -0.930. The topological polar surface area (TPSA) is 28.2 Å². The van der Waals surface area contributed by atoms with Crippen molar-refractivity contribution in [1.82, 2.24) is 15.2 Å². The van der Waals surface area contributed by atoms with Gasteiger partial charge in [-0.1, -0.05) is 13.8 Å². The Labute approximate surface area is 123 Å². The largest absolute Gasteiger partial charge is 0.314 e. The molecule has 0 saturated carbocycles. The number of piperidine rings is 1. The van der Waals surface area contributed by atoms with Crippen molar-refractivity contribution in [3.8, 4) is 0 Å². The molecule has 0 amide bonds. The zero-order valence-corrected chi connectivity index (χ0v) is 13.4. The standard InChI is InChI=1S/C17H29N3/c1-5-8-19-17-7-10-20(15(4)14(17)3)12-16-6-9-18-11-13(16)2/h6,9,11,14-15,17,19H,5,7-8,10,12H2,1-4H3. The van der Waals surface area contributed by atoms with Gasteiger partial charge in [0.25, 0.3) is 0 Å². The van der Waals surface area contributed by atoms with Gasteiger partial charge >= 0.3 is 0 Å². The van der Waals surface area contributed by atoms with Crippen molar-refractivity contribution in [2.75, 3.05) is 13.1 Å². The number of likely N-dealkylation sites (tertiary alicyclic amines) is 1. The second-order valence-electron chi connectivity index (χ2n) is 6.22. The molecule has 1 saturated heterocycles. The quantitative estimate of drug-likeness (QED) is 0.895. The van der Waals surface area contributed by atoms with Crippen LogP contribution >= 0.6 is 0 Å². The number of hydrogen-bond acceptors (Lipinski definition) is 3. The van der Waals surface area contributed by atoms with Gasteiger partial charge in [0.2, 0.25) is 0 Å². The summed E-state index contributed by atoms with van der Waals surface area (Å²) in [6, 6.07) is 3.47. The van der Waals surface area contributed by atoms with Crippen LogP contribution < -0.4 is 5.32 Å². The van der Waals surface area contributed by atoms with E-state index in [1.165, 1.54) is 30.5 Å². The van der Waals surface area contributed by atoms with E-state index < -0.39 is 0 Å². The molecule has 1 aliphatic heterocycles. The number of nitrogens with one attached hydrogen (secondary N) is 1. The first-order valence-electron chi connectivity index (χ1n) is 8.00. The maximum absolute atomic E-state index is 4.19. The molecule has 0 spiro atoms. The monoisotopic (exact) mass is 275 g/mol. The predicted octanol–water partition coefficient (Wildman–Crippen LogP) is 2.99. The second-order valence-corrected chi connectivity index (χ2v) is 6.22. The molecule has 1 N–H and O–H groups in total. The molecular weight excluding hydrogens is 246 g/mol. The average Bonchev–Trinajstić information content (AvgIpc) is 2.45. The Kier molecular flexibility index (Phi) is 5.55. The molecule has 112 valence electrons. The maximum Gasteiger partial charge on any atom is 0.0300 e. The van der Waals surface area contributed by atoms with Crippen LogP contribution in [0.15, 0.2) is 18.5 Å². The SMILES string of the molecule is CCCNC1CCN(Cc2ccncc2C)C(C)C1C. The first kappa shape index (κ1) is 15.5. The molecule has 3 unspecified atom stereocenters. The molecule has 1 aliphatic rings. The fourth-order valence-corrected chi connectivity index (χ4v) is 3.18. The van der Waals surface area contributed by atoms with Crippen molar-refractivity contribution in [3.63, 3.8) is 0 Å². The second kappa shape index (κ2) is 7.19. The van der Waals surface area contributed by atoms with Crippen LogP contribution in [0.1, 0.15) is 44.7 Å². The highest BCUT2D eigenvalue weighted by Gasteiger charge is 2.31. The van der Waals surface area contributed by atoms with E-state index in [-0.39, 0.29) is 0 Å². The fraction of sp³-hybridized carbons (Fsp3) is 0.706. The van der Waals surface area contributed by atoms with Crippen molar-refractivity contribution >= 4 is 0 Å². The van der Waals surface area contributed by atoms with Crippen molar-refractivity contribution in [3.05, 3.63) is 29.6 Å². The van der Waals surface area contributed by atoms with Crippen LogP contribution in [0.25, 0.3) is 0 Å². The highest BCUT2D eigenvalue weighted by Crippen LogP contribution is 2.25. The smallest absolute Gasteiger partial charge is 0.0300 e. The van der Waals surface area contributed by atoms with E-state index in [4.69, 9.17) is 0 Å². The molecule has 1 aromatic rings. The van der Waals surface area contributed by atoms with Gasteiger partial charge in [-0.25, -0.2) is 0 Å². The molecule has 0 radical (unpaired) electrons. The molecule has 20 heavy (non-hydrogen) atoms. The minimum absolute atomic E-state index is 0.630. The summed E-state index contributed by atoms with van der Waals surface area (Å²) in [5.74, 6) is 0.706. The summed E-state index contributed by atoms with van der Waals surface area (Å²) in [6.45, 7) is 12.6. The minimum atomic E-state index is 0.630. The molecule has 1 fully saturated rings. The summed E-state index contributed by atoms with van der Waals surface area (Å²) in [7, 11) is 0. The van der Waals surface area contributed by atoms with E-state index >= 15 is 0 Å². The van der Waals surface area contributed by atoms with Gasteiger partial charge in [0, 0.05) is 37.6 Å². The summed E-state index contributed by atoms with van der Waals surface area (Å²) in [5, 5.41) is 3.71. The highest BCUT2D eigenvalue weighted by atomic mass is 15.2. The van der Waals surface area contributed by atoms with Crippen molar-refractivity contribution in [1.29, 1.82) is 0 Å². The number of aryl methyl sites for hydroxylation is 1. The highest BCUT2D eigenvalue weighted by molar-refractivity contribution is 5.21. The zero-order valence-electron chi connectivity index (χ0n) is 13.4. The Balaban J connectivity index is 1.97. The third-order valence-electron chi connectivity index (χ3n) is 4.87. The Morgan fingerprint density at radius 2 is 2.20 bits per heavy atom. The fourth-order valence-electron chi connectivity index (χ4n) is 3.18.